The zero-order chi connectivity index (χ0) is 9.84. The standard InChI is InChI=1S/C10H14O2S/c1-4-12-13(11)10-6-5-8(2)7-9(10)3/h5-7H,4H2,1-3H3. The van der Waals surface area contributed by atoms with E-state index in [2.05, 4.69) is 0 Å². The van der Waals surface area contributed by atoms with Crippen molar-refractivity contribution in [1.29, 1.82) is 0 Å². The fourth-order valence-corrected chi connectivity index (χ4v) is 2.00. The van der Waals surface area contributed by atoms with E-state index in [1.54, 1.807) is 0 Å². The number of rotatable bonds is 3. The molecule has 3 heteroatoms. The van der Waals surface area contributed by atoms with Crippen molar-refractivity contribution in [3.05, 3.63) is 29.3 Å². The van der Waals surface area contributed by atoms with Crippen LogP contribution in [0.15, 0.2) is 23.1 Å². The highest BCUT2D eigenvalue weighted by Crippen LogP contribution is 2.15. The Hall–Kier alpha value is -0.670. The molecule has 0 aliphatic rings. The first kappa shape index (κ1) is 10.4. The van der Waals surface area contributed by atoms with Crippen LogP contribution in [-0.2, 0) is 15.3 Å². The molecule has 0 aliphatic carbocycles. The van der Waals surface area contributed by atoms with E-state index in [0.717, 1.165) is 10.5 Å². The lowest BCUT2D eigenvalue weighted by Gasteiger charge is -2.05. The van der Waals surface area contributed by atoms with Gasteiger partial charge in [0.25, 0.3) is 0 Å². The van der Waals surface area contributed by atoms with Gasteiger partial charge in [0.15, 0.2) is 11.1 Å². The van der Waals surface area contributed by atoms with Crippen LogP contribution in [0, 0.1) is 13.8 Å². The summed E-state index contributed by atoms with van der Waals surface area (Å²) in [4.78, 5) is 0.771. The van der Waals surface area contributed by atoms with Gasteiger partial charge < -0.3 is 0 Å². The second-order valence-electron chi connectivity index (χ2n) is 2.91. The Morgan fingerprint density at radius 3 is 2.62 bits per heavy atom. The summed E-state index contributed by atoms with van der Waals surface area (Å²) >= 11 is -1.30. The third-order valence-electron chi connectivity index (χ3n) is 1.73. The van der Waals surface area contributed by atoms with Crippen LogP contribution in [0.2, 0.25) is 0 Å². The van der Waals surface area contributed by atoms with Crippen LogP contribution in [0.5, 0.6) is 0 Å². The van der Waals surface area contributed by atoms with Gasteiger partial charge in [0.2, 0.25) is 0 Å². The van der Waals surface area contributed by atoms with Crippen molar-refractivity contribution in [3.63, 3.8) is 0 Å². The van der Waals surface area contributed by atoms with Crippen LogP contribution in [0.1, 0.15) is 18.1 Å². The Kier molecular flexibility index (Phi) is 3.63. The summed E-state index contributed by atoms with van der Waals surface area (Å²) in [5, 5.41) is 0. The molecule has 0 aliphatic heterocycles. The van der Waals surface area contributed by atoms with Gasteiger partial charge in [0.1, 0.15) is 0 Å². The molecular formula is C10H14O2S. The fraction of sp³-hybridized carbons (Fsp3) is 0.400. The van der Waals surface area contributed by atoms with Crippen LogP contribution >= 0.6 is 0 Å². The highest BCUT2D eigenvalue weighted by atomic mass is 32.2. The van der Waals surface area contributed by atoms with Crippen molar-refractivity contribution in [2.45, 2.75) is 25.7 Å². The van der Waals surface area contributed by atoms with E-state index in [1.165, 1.54) is 5.56 Å². The van der Waals surface area contributed by atoms with Gasteiger partial charge in [-0.1, -0.05) is 17.7 Å². The van der Waals surface area contributed by atoms with Crippen molar-refractivity contribution >= 4 is 11.1 Å². The Bertz CT molecular complexity index is 321. The van der Waals surface area contributed by atoms with Gasteiger partial charge in [-0.15, -0.1) is 0 Å². The first-order valence-electron chi connectivity index (χ1n) is 4.27. The van der Waals surface area contributed by atoms with Crippen LogP contribution in [0.3, 0.4) is 0 Å². The van der Waals surface area contributed by atoms with Crippen LogP contribution < -0.4 is 0 Å². The number of hydrogen-bond donors (Lipinski definition) is 0. The van der Waals surface area contributed by atoms with E-state index in [0.29, 0.717) is 6.61 Å². The molecule has 0 N–H and O–H groups in total. The summed E-state index contributed by atoms with van der Waals surface area (Å²) in [5.41, 5.74) is 2.20. The molecule has 72 valence electrons. The van der Waals surface area contributed by atoms with Crippen molar-refractivity contribution in [1.82, 2.24) is 0 Å². The molecule has 0 radical (unpaired) electrons. The molecule has 1 atom stereocenters. The highest BCUT2D eigenvalue weighted by molar-refractivity contribution is 7.80. The quantitative estimate of drug-likeness (QED) is 0.745. The van der Waals surface area contributed by atoms with Gasteiger partial charge in [-0.05, 0) is 32.4 Å². The summed E-state index contributed by atoms with van der Waals surface area (Å²) in [7, 11) is 0. The van der Waals surface area contributed by atoms with E-state index in [4.69, 9.17) is 4.18 Å². The molecule has 0 amide bonds. The second-order valence-corrected chi connectivity index (χ2v) is 4.06. The molecule has 0 saturated heterocycles. The SMILES string of the molecule is CCOS(=O)c1ccc(C)cc1C. The molecule has 0 saturated carbocycles. The molecule has 0 heterocycles. The molecule has 2 nitrogen and oxygen atoms in total. The smallest absolute Gasteiger partial charge is 0.189 e. The number of benzene rings is 1. The summed E-state index contributed by atoms with van der Waals surface area (Å²) in [6.45, 7) is 6.26. The molecule has 0 bridgehead atoms. The molecule has 1 unspecified atom stereocenters. The van der Waals surface area contributed by atoms with E-state index in [1.807, 2.05) is 39.0 Å². The van der Waals surface area contributed by atoms with Crippen LogP contribution in [0.4, 0.5) is 0 Å². The van der Waals surface area contributed by atoms with Gasteiger partial charge in [-0.25, -0.2) is 4.21 Å². The van der Waals surface area contributed by atoms with Crippen molar-refractivity contribution in [2.75, 3.05) is 6.61 Å². The zero-order valence-electron chi connectivity index (χ0n) is 8.16. The van der Waals surface area contributed by atoms with Gasteiger partial charge in [-0.3, -0.25) is 4.18 Å². The monoisotopic (exact) mass is 198 g/mol. The number of aryl methyl sites for hydroxylation is 2. The van der Waals surface area contributed by atoms with E-state index in [-0.39, 0.29) is 0 Å². The third kappa shape index (κ3) is 2.64. The largest absolute Gasteiger partial charge is 0.287 e. The molecule has 0 spiro atoms. The minimum atomic E-state index is -1.30. The Labute approximate surface area is 81.6 Å². The summed E-state index contributed by atoms with van der Waals surface area (Å²) in [6.07, 6.45) is 0. The molecule has 1 rings (SSSR count). The van der Waals surface area contributed by atoms with Crippen molar-refractivity contribution in [2.24, 2.45) is 0 Å². The van der Waals surface area contributed by atoms with Crippen molar-refractivity contribution in [3.8, 4) is 0 Å². The van der Waals surface area contributed by atoms with Gasteiger partial charge in [0, 0.05) is 0 Å². The van der Waals surface area contributed by atoms with E-state index >= 15 is 0 Å². The lowest BCUT2D eigenvalue weighted by molar-refractivity contribution is 0.371. The fourth-order valence-electron chi connectivity index (χ4n) is 1.16. The number of hydrogen-bond acceptors (Lipinski definition) is 2. The average molecular weight is 198 g/mol. The predicted octanol–water partition coefficient (Wildman–Crippen LogP) is 2.36. The van der Waals surface area contributed by atoms with Gasteiger partial charge in [0.05, 0.1) is 11.5 Å². The lowest BCUT2D eigenvalue weighted by Crippen LogP contribution is -1.99. The summed E-state index contributed by atoms with van der Waals surface area (Å²) < 4.78 is 16.5. The third-order valence-corrected chi connectivity index (χ3v) is 3.00. The van der Waals surface area contributed by atoms with E-state index < -0.39 is 11.1 Å². The topological polar surface area (TPSA) is 26.3 Å². The Morgan fingerprint density at radius 1 is 1.38 bits per heavy atom. The molecule has 1 aromatic rings. The maximum atomic E-state index is 11.5. The maximum Gasteiger partial charge on any atom is 0.189 e. The first-order valence-corrected chi connectivity index (χ1v) is 5.35. The average Bonchev–Trinajstić information content (AvgIpc) is 2.04. The normalized spacial score (nSPS) is 12.8. The highest BCUT2D eigenvalue weighted by Gasteiger charge is 2.06. The molecule has 0 fully saturated rings. The summed E-state index contributed by atoms with van der Waals surface area (Å²) in [6, 6.07) is 5.81. The van der Waals surface area contributed by atoms with Crippen LogP contribution in [0.25, 0.3) is 0 Å². The van der Waals surface area contributed by atoms with Crippen LogP contribution in [-0.4, -0.2) is 10.8 Å². The summed E-state index contributed by atoms with van der Waals surface area (Å²) in [5.74, 6) is 0. The second kappa shape index (κ2) is 4.53. The lowest BCUT2D eigenvalue weighted by atomic mass is 10.2. The minimum absolute atomic E-state index is 0.472. The van der Waals surface area contributed by atoms with Gasteiger partial charge in [-0.2, -0.15) is 0 Å². The van der Waals surface area contributed by atoms with E-state index in [9.17, 15) is 4.21 Å². The Morgan fingerprint density at radius 2 is 2.08 bits per heavy atom. The predicted molar refractivity (Wildman–Crippen MR) is 54.0 cm³/mol. The Balaban J connectivity index is 2.95. The molecule has 1 aromatic carbocycles. The van der Waals surface area contributed by atoms with Gasteiger partial charge >= 0.3 is 0 Å². The minimum Gasteiger partial charge on any atom is -0.287 e. The molecule has 0 aromatic heterocycles. The van der Waals surface area contributed by atoms with Crippen molar-refractivity contribution < 1.29 is 8.39 Å². The molecule has 13 heavy (non-hydrogen) atoms. The zero-order valence-corrected chi connectivity index (χ0v) is 8.98. The maximum absolute atomic E-state index is 11.5. The first-order chi connectivity index (χ1) is 6.15. The molecular weight excluding hydrogens is 184 g/mol.